The number of likely N-dealkylation sites (tertiary alicyclic amines) is 1. The number of carbonyl (C=O) groups is 2. The Morgan fingerprint density at radius 2 is 1.80 bits per heavy atom. The molecule has 40 heavy (non-hydrogen) atoms. The monoisotopic (exact) mass is 559 g/mol. The van der Waals surface area contributed by atoms with Crippen LogP contribution in [0.4, 0.5) is 19.0 Å². The van der Waals surface area contributed by atoms with Crippen molar-refractivity contribution in [3.8, 4) is 0 Å². The van der Waals surface area contributed by atoms with E-state index in [1.807, 2.05) is 18.3 Å². The highest BCUT2D eigenvalue weighted by molar-refractivity contribution is 5.96. The molecule has 1 aromatic carbocycles. The van der Waals surface area contributed by atoms with Crippen LogP contribution in [0.3, 0.4) is 0 Å². The molecule has 0 bridgehead atoms. The van der Waals surface area contributed by atoms with Crippen LogP contribution in [0.2, 0.25) is 0 Å². The summed E-state index contributed by atoms with van der Waals surface area (Å²) in [6.07, 6.45) is 3.42. The van der Waals surface area contributed by atoms with Crippen molar-refractivity contribution in [3.05, 3.63) is 59.3 Å². The number of hydrogen-bond donors (Lipinski definition) is 3. The highest BCUT2D eigenvalue weighted by Crippen LogP contribution is 2.39. The first-order valence-corrected chi connectivity index (χ1v) is 14.0. The molecule has 1 atom stereocenters. The molecule has 3 aliphatic rings. The van der Waals surface area contributed by atoms with Crippen molar-refractivity contribution in [1.82, 2.24) is 20.5 Å². The number of benzene rings is 1. The lowest BCUT2D eigenvalue weighted by Gasteiger charge is -2.40. The Kier molecular flexibility index (Phi) is 8.32. The van der Waals surface area contributed by atoms with Crippen LogP contribution in [-0.2, 0) is 16.6 Å². The molecule has 11 heteroatoms. The number of hydrogen-bond acceptors (Lipinski definition) is 6. The minimum absolute atomic E-state index is 0.0684. The van der Waals surface area contributed by atoms with Crippen LogP contribution in [0.5, 0.6) is 0 Å². The smallest absolute Gasteiger partial charge is 0.385 e. The van der Waals surface area contributed by atoms with Crippen molar-refractivity contribution in [2.24, 2.45) is 0 Å². The van der Waals surface area contributed by atoms with Crippen molar-refractivity contribution >= 4 is 17.6 Å². The molecule has 3 fully saturated rings. The molecule has 8 nitrogen and oxygen atoms in total. The van der Waals surface area contributed by atoms with Crippen LogP contribution in [-0.4, -0.2) is 71.6 Å². The van der Waals surface area contributed by atoms with E-state index in [4.69, 9.17) is 0 Å². The molecule has 3 heterocycles. The Hall–Kier alpha value is -3.18. The maximum Gasteiger partial charge on any atom is 0.416 e. The number of aliphatic hydroxyl groups is 1. The number of nitrogens with zero attached hydrogens (tertiary/aromatic N) is 3. The summed E-state index contributed by atoms with van der Waals surface area (Å²) >= 11 is 0. The summed E-state index contributed by atoms with van der Waals surface area (Å²) in [5, 5.41) is 16.7. The quantitative estimate of drug-likeness (QED) is 0.481. The number of pyridine rings is 1. The van der Waals surface area contributed by atoms with Gasteiger partial charge in [0.25, 0.3) is 5.91 Å². The van der Waals surface area contributed by atoms with E-state index >= 15 is 0 Å². The predicted octanol–water partition coefficient (Wildman–Crippen LogP) is 3.45. The Bertz CT molecular complexity index is 1190. The highest BCUT2D eigenvalue weighted by Gasteiger charge is 2.39. The van der Waals surface area contributed by atoms with E-state index in [-0.39, 0.29) is 24.1 Å². The minimum atomic E-state index is -4.55. The Morgan fingerprint density at radius 3 is 2.48 bits per heavy atom. The molecule has 216 valence electrons. The van der Waals surface area contributed by atoms with Crippen molar-refractivity contribution in [1.29, 1.82) is 0 Å². The summed E-state index contributed by atoms with van der Waals surface area (Å²) in [6, 6.07) is 8.39. The van der Waals surface area contributed by atoms with Crippen molar-refractivity contribution in [2.75, 3.05) is 37.6 Å². The lowest BCUT2D eigenvalue weighted by atomic mass is 9.78. The van der Waals surface area contributed by atoms with Gasteiger partial charge in [0.1, 0.15) is 5.82 Å². The number of rotatable bonds is 7. The van der Waals surface area contributed by atoms with E-state index in [0.29, 0.717) is 25.4 Å². The Labute approximate surface area is 231 Å². The molecule has 1 aliphatic carbocycles. The molecular weight excluding hydrogens is 523 g/mol. The number of alkyl halides is 3. The molecule has 2 saturated heterocycles. The normalized spacial score (nSPS) is 25.6. The van der Waals surface area contributed by atoms with Crippen molar-refractivity contribution in [2.45, 2.75) is 68.8 Å². The summed E-state index contributed by atoms with van der Waals surface area (Å²) < 4.78 is 38.7. The zero-order chi connectivity index (χ0) is 28.3. The highest BCUT2D eigenvalue weighted by atomic mass is 19.4. The molecule has 0 spiro atoms. The average molecular weight is 560 g/mol. The number of amides is 2. The predicted molar refractivity (Wildman–Crippen MR) is 144 cm³/mol. The third-order valence-electron chi connectivity index (χ3n) is 8.46. The summed E-state index contributed by atoms with van der Waals surface area (Å²) in [5.41, 5.74) is -1.07. The summed E-state index contributed by atoms with van der Waals surface area (Å²) in [6.45, 7) is 3.26. The maximum atomic E-state index is 12.9. The molecule has 5 rings (SSSR count). The first-order valence-electron chi connectivity index (χ1n) is 14.0. The van der Waals surface area contributed by atoms with E-state index in [9.17, 15) is 27.9 Å². The van der Waals surface area contributed by atoms with Crippen LogP contribution in [0, 0.1) is 0 Å². The number of anilines is 1. The van der Waals surface area contributed by atoms with E-state index in [0.717, 1.165) is 62.4 Å². The topological polar surface area (TPSA) is 97.8 Å². The summed E-state index contributed by atoms with van der Waals surface area (Å²) in [4.78, 5) is 33.9. The lowest BCUT2D eigenvalue weighted by Crippen LogP contribution is -2.45. The van der Waals surface area contributed by atoms with Gasteiger partial charge in [0, 0.05) is 55.6 Å². The molecule has 0 radical (unpaired) electrons. The second-order valence-electron chi connectivity index (χ2n) is 11.2. The number of nitrogens with one attached hydrogen (secondary N) is 2. The van der Waals surface area contributed by atoms with Crippen LogP contribution in [0.1, 0.15) is 66.4 Å². The molecule has 3 N–H and O–H groups in total. The average Bonchev–Trinajstić information content (AvgIpc) is 3.65. The van der Waals surface area contributed by atoms with Crippen molar-refractivity contribution in [3.63, 3.8) is 0 Å². The Morgan fingerprint density at radius 1 is 1.05 bits per heavy atom. The van der Waals surface area contributed by atoms with E-state index in [1.54, 1.807) is 0 Å². The fraction of sp³-hybridized carbons (Fsp3) is 0.552. The standard InChI is InChI=1S/C29H36F3N5O3/c30-29(31,32)21-5-3-4-20(16-21)27(39)34-18-26(38)35-23-10-15-37(19-23)24-8-11-28(40,12-9-24)22-6-7-25(33-17-22)36-13-1-2-14-36/h3-7,16-17,23-24,40H,1-2,8-15,18-19H2,(H,34,39)(H,35,38)/t23-,24?,28?/m1/s1. The molecular formula is C29H36F3N5O3. The van der Waals surface area contributed by atoms with E-state index < -0.39 is 23.2 Å². The van der Waals surface area contributed by atoms with Crippen LogP contribution in [0.15, 0.2) is 42.6 Å². The molecule has 0 unspecified atom stereocenters. The van der Waals surface area contributed by atoms with Gasteiger partial charge in [-0.25, -0.2) is 4.98 Å². The number of carbonyl (C=O) groups excluding carboxylic acids is 2. The second kappa shape index (κ2) is 11.7. The molecule has 1 saturated carbocycles. The van der Waals surface area contributed by atoms with E-state index in [1.165, 1.54) is 25.0 Å². The Balaban J connectivity index is 1.05. The third-order valence-corrected chi connectivity index (χ3v) is 8.46. The fourth-order valence-electron chi connectivity index (χ4n) is 6.14. The summed E-state index contributed by atoms with van der Waals surface area (Å²) in [5.74, 6) is -0.140. The van der Waals surface area contributed by atoms with Gasteiger partial charge in [0.2, 0.25) is 5.91 Å². The van der Waals surface area contributed by atoms with Gasteiger partial charge in [-0.1, -0.05) is 12.1 Å². The number of aromatic nitrogens is 1. The maximum absolute atomic E-state index is 12.9. The minimum Gasteiger partial charge on any atom is -0.385 e. The lowest BCUT2D eigenvalue weighted by molar-refractivity contribution is -0.137. The van der Waals surface area contributed by atoms with Crippen molar-refractivity contribution < 1.29 is 27.9 Å². The second-order valence-corrected chi connectivity index (χ2v) is 11.2. The SMILES string of the molecule is O=C(CNC(=O)c1cccc(C(F)(F)F)c1)N[C@@H]1CCN(C2CCC(O)(c3ccc(N4CCCC4)nc3)CC2)C1. The van der Waals surface area contributed by atoms with Gasteiger partial charge in [-0.2, -0.15) is 13.2 Å². The van der Waals surface area contributed by atoms with Gasteiger partial charge in [0.15, 0.2) is 0 Å². The third kappa shape index (κ3) is 6.58. The van der Waals surface area contributed by atoms with Gasteiger partial charge >= 0.3 is 6.18 Å². The molecule has 2 amide bonds. The van der Waals surface area contributed by atoms with Crippen LogP contribution in [0.25, 0.3) is 0 Å². The zero-order valence-electron chi connectivity index (χ0n) is 22.4. The van der Waals surface area contributed by atoms with Crippen LogP contribution < -0.4 is 15.5 Å². The van der Waals surface area contributed by atoms with Gasteiger partial charge in [-0.3, -0.25) is 14.5 Å². The zero-order valence-corrected chi connectivity index (χ0v) is 22.4. The molecule has 1 aromatic heterocycles. The largest absolute Gasteiger partial charge is 0.416 e. The van der Waals surface area contributed by atoms with Gasteiger partial charge in [-0.05, 0) is 69.2 Å². The number of halogens is 3. The van der Waals surface area contributed by atoms with E-state index in [2.05, 4.69) is 25.4 Å². The van der Waals surface area contributed by atoms with Gasteiger partial charge in [-0.15, -0.1) is 0 Å². The van der Waals surface area contributed by atoms with Gasteiger partial charge in [0.05, 0.1) is 17.7 Å². The van der Waals surface area contributed by atoms with Crippen LogP contribution >= 0.6 is 0 Å². The molecule has 2 aromatic rings. The first kappa shape index (κ1) is 28.4. The first-order chi connectivity index (χ1) is 19.1. The summed E-state index contributed by atoms with van der Waals surface area (Å²) in [7, 11) is 0. The fourth-order valence-corrected chi connectivity index (χ4v) is 6.14. The molecule has 2 aliphatic heterocycles. The van der Waals surface area contributed by atoms with Gasteiger partial charge < -0.3 is 20.6 Å².